The Hall–Kier alpha value is -1.67. The van der Waals surface area contributed by atoms with Crippen molar-refractivity contribution >= 4 is 19.8 Å². The van der Waals surface area contributed by atoms with Crippen LogP contribution in [0.2, 0.25) is 0 Å². The van der Waals surface area contributed by atoms with Crippen molar-refractivity contribution in [2.24, 2.45) is 0 Å². The maximum absolute atomic E-state index is 12.7. The fourth-order valence-electron chi connectivity index (χ4n) is 5.95. The summed E-state index contributed by atoms with van der Waals surface area (Å²) < 4.78 is 33.3. The van der Waals surface area contributed by atoms with Crippen LogP contribution in [0.1, 0.15) is 155 Å². The summed E-state index contributed by atoms with van der Waals surface area (Å²) in [6, 6.07) is 0. The second-order valence-electron chi connectivity index (χ2n) is 14.1. The Bertz CT molecular complexity index is 1040. The summed E-state index contributed by atoms with van der Waals surface area (Å²) in [7, 11) is -5.11. The molecule has 0 aliphatic heterocycles. The van der Waals surface area contributed by atoms with E-state index in [9.17, 15) is 44.6 Å². The smallest absolute Gasteiger partial charge is 0.462 e. The highest BCUT2D eigenvalue weighted by Crippen LogP contribution is 2.47. The van der Waals surface area contributed by atoms with Crippen molar-refractivity contribution in [2.75, 3.05) is 13.2 Å². The van der Waals surface area contributed by atoms with E-state index < -0.39 is 75.7 Å². The number of esters is 2. The number of aliphatic hydroxyl groups excluding tert-OH is 5. The van der Waals surface area contributed by atoms with Gasteiger partial charge < -0.3 is 39.9 Å². The van der Waals surface area contributed by atoms with Crippen LogP contribution < -0.4 is 0 Å². The van der Waals surface area contributed by atoms with Gasteiger partial charge in [-0.25, -0.2) is 4.57 Å². The second kappa shape index (κ2) is 30.5. The van der Waals surface area contributed by atoms with E-state index in [1.807, 2.05) is 0 Å². The van der Waals surface area contributed by atoms with Gasteiger partial charge in [0.15, 0.2) is 6.10 Å². The fraction of sp³-hybridized carbons (Fsp3) is 0.846. The molecule has 1 rings (SSSR count). The zero-order valence-electron chi connectivity index (χ0n) is 32.3. The van der Waals surface area contributed by atoms with Gasteiger partial charge in [0.25, 0.3) is 0 Å². The van der Waals surface area contributed by atoms with Crippen molar-refractivity contribution in [2.45, 2.75) is 198 Å². The van der Waals surface area contributed by atoms with Crippen LogP contribution in [0.25, 0.3) is 0 Å². The third-order valence-corrected chi connectivity index (χ3v) is 10.3. The van der Waals surface area contributed by atoms with Gasteiger partial charge in [-0.3, -0.25) is 18.6 Å². The molecule has 0 radical (unpaired) electrons. The number of carbonyl (C=O) groups is 2. The molecule has 0 aromatic carbocycles. The van der Waals surface area contributed by atoms with Crippen molar-refractivity contribution in [1.29, 1.82) is 0 Å². The molecule has 6 unspecified atom stereocenters. The van der Waals surface area contributed by atoms with Gasteiger partial charge in [0.2, 0.25) is 0 Å². The lowest BCUT2D eigenvalue weighted by Gasteiger charge is -2.41. The molecule has 0 amide bonds. The Morgan fingerprint density at radius 1 is 0.585 bits per heavy atom. The molecule has 0 bridgehead atoms. The maximum atomic E-state index is 12.7. The number of phosphoric ester groups is 1. The first-order valence-electron chi connectivity index (χ1n) is 20.1. The maximum Gasteiger partial charge on any atom is 0.472 e. The van der Waals surface area contributed by atoms with Crippen LogP contribution in [-0.4, -0.2) is 98.3 Å². The third kappa shape index (κ3) is 23.8. The average Bonchev–Trinajstić information content (AvgIpc) is 3.13. The number of hydrogen-bond donors (Lipinski definition) is 6. The number of rotatable bonds is 32. The number of phosphoric acid groups is 1. The van der Waals surface area contributed by atoms with E-state index in [2.05, 4.69) is 38.2 Å². The molecule has 0 saturated heterocycles. The van der Waals surface area contributed by atoms with Crippen LogP contribution in [0.4, 0.5) is 0 Å². The largest absolute Gasteiger partial charge is 0.472 e. The average molecular weight is 779 g/mol. The molecule has 14 heteroatoms. The van der Waals surface area contributed by atoms with Gasteiger partial charge in [0.05, 0.1) is 6.61 Å². The van der Waals surface area contributed by atoms with Gasteiger partial charge in [0, 0.05) is 12.8 Å². The van der Waals surface area contributed by atoms with Gasteiger partial charge in [0.1, 0.15) is 43.2 Å². The van der Waals surface area contributed by atoms with Crippen LogP contribution in [-0.2, 0) is 32.7 Å². The van der Waals surface area contributed by atoms with Crippen molar-refractivity contribution in [3.05, 3.63) is 24.3 Å². The van der Waals surface area contributed by atoms with Crippen molar-refractivity contribution in [3.63, 3.8) is 0 Å². The molecule has 1 aliphatic carbocycles. The molecular formula is C39H71O13P. The first-order valence-corrected chi connectivity index (χ1v) is 21.6. The number of ether oxygens (including phenoxy) is 2. The Labute approximate surface area is 317 Å². The van der Waals surface area contributed by atoms with Gasteiger partial charge in [-0.05, 0) is 38.5 Å². The van der Waals surface area contributed by atoms with E-state index in [0.29, 0.717) is 12.8 Å². The number of aliphatic hydroxyl groups is 5. The molecular weight excluding hydrogens is 707 g/mol. The van der Waals surface area contributed by atoms with Crippen molar-refractivity contribution in [1.82, 2.24) is 0 Å². The summed E-state index contributed by atoms with van der Waals surface area (Å²) in [6.45, 7) is 3.20. The van der Waals surface area contributed by atoms with Crippen LogP contribution >= 0.6 is 7.82 Å². The fourth-order valence-corrected chi connectivity index (χ4v) is 6.92. The Balaban J connectivity index is 2.54. The number of hydrogen-bond acceptors (Lipinski definition) is 12. The zero-order valence-corrected chi connectivity index (χ0v) is 33.2. The van der Waals surface area contributed by atoms with Gasteiger partial charge in [-0.2, -0.15) is 0 Å². The van der Waals surface area contributed by atoms with Gasteiger partial charge >= 0.3 is 19.8 Å². The summed E-state index contributed by atoms with van der Waals surface area (Å²) >= 11 is 0. The minimum Gasteiger partial charge on any atom is -0.462 e. The minimum atomic E-state index is -5.11. The molecule has 0 heterocycles. The third-order valence-electron chi connectivity index (χ3n) is 9.30. The Morgan fingerprint density at radius 3 is 1.58 bits per heavy atom. The highest BCUT2D eigenvalue weighted by atomic mass is 31.2. The second-order valence-corrected chi connectivity index (χ2v) is 15.5. The first kappa shape index (κ1) is 49.3. The molecule has 1 fully saturated rings. The van der Waals surface area contributed by atoms with E-state index in [1.165, 1.54) is 51.4 Å². The van der Waals surface area contributed by atoms with E-state index >= 15 is 0 Å². The lowest BCUT2D eigenvalue weighted by molar-refractivity contribution is -0.220. The number of unbranched alkanes of at least 4 members (excludes halogenated alkanes) is 16. The molecule has 0 aromatic rings. The molecule has 1 saturated carbocycles. The first-order chi connectivity index (χ1) is 25.4. The SMILES string of the molecule is CCCC/C=C\C/C=C\CCCCCCCC(=O)O[C@H](COC(=O)CCCCCCCCCCCC)COP(=O)(O)OC1C(O)C(O)C(O)[C@@H](O)C1O. The molecule has 8 atom stereocenters. The highest BCUT2D eigenvalue weighted by molar-refractivity contribution is 7.47. The quantitative estimate of drug-likeness (QED) is 0.0187. The Kier molecular flexibility index (Phi) is 28.4. The van der Waals surface area contributed by atoms with Crippen LogP contribution in [0, 0.1) is 0 Å². The lowest BCUT2D eigenvalue weighted by atomic mass is 9.85. The lowest BCUT2D eigenvalue weighted by Crippen LogP contribution is -2.64. The summed E-state index contributed by atoms with van der Waals surface area (Å²) in [6.07, 6.45) is 16.8. The summed E-state index contributed by atoms with van der Waals surface area (Å²) in [5.41, 5.74) is 0. The summed E-state index contributed by atoms with van der Waals surface area (Å²) in [5.74, 6) is -1.12. The summed E-state index contributed by atoms with van der Waals surface area (Å²) in [5, 5.41) is 49.9. The molecule has 13 nitrogen and oxygen atoms in total. The van der Waals surface area contributed by atoms with E-state index in [1.54, 1.807) is 0 Å². The van der Waals surface area contributed by atoms with E-state index in [0.717, 1.165) is 64.2 Å². The highest BCUT2D eigenvalue weighted by Gasteiger charge is 2.51. The zero-order chi connectivity index (χ0) is 39.3. The topological polar surface area (TPSA) is 210 Å². The molecule has 1 aliphatic rings. The van der Waals surface area contributed by atoms with E-state index in [4.69, 9.17) is 18.5 Å². The predicted octanol–water partition coefficient (Wildman–Crippen LogP) is 6.50. The standard InChI is InChI=1S/C39H71O13P/c1-3-5-7-9-11-13-15-16-17-18-20-22-24-26-28-33(41)51-31(29-49-32(40)27-25-23-21-19-14-12-10-8-6-4-2)30-50-53(47,48)52-39-37(45)35(43)34(42)36(44)38(39)46/h9,11,15-16,31,34-39,42-46H,3-8,10,12-14,17-30H2,1-2H3,(H,47,48)/b11-9-,16-15-/t31-,34?,35-,36?,37?,38?,39?/m1/s1. The molecule has 6 N–H and O–H groups in total. The number of carbonyl (C=O) groups excluding carboxylic acids is 2. The van der Waals surface area contributed by atoms with Crippen molar-refractivity contribution in [3.8, 4) is 0 Å². The minimum absolute atomic E-state index is 0.0825. The van der Waals surface area contributed by atoms with Crippen LogP contribution in [0.15, 0.2) is 24.3 Å². The van der Waals surface area contributed by atoms with Gasteiger partial charge in [-0.1, -0.05) is 128 Å². The Morgan fingerprint density at radius 2 is 1.04 bits per heavy atom. The van der Waals surface area contributed by atoms with E-state index in [-0.39, 0.29) is 12.8 Å². The van der Waals surface area contributed by atoms with Crippen LogP contribution in [0.5, 0.6) is 0 Å². The monoisotopic (exact) mass is 778 g/mol. The number of allylic oxidation sites excluding steroid dienone is 4. The molecule has 0 aromatic heterocycles. The molecule has 53 heavy (non-hydrogen) atoms. The normalized spacial score (nSPS) is 23.7. The predicted molar refractivity (Wildman–Crippen MR) is 203 cm³/mol. The molecule has 0 spiro atoms. The van der Waals surface area contributed by atoms with Crippen molar-refractivity contribution < 1.29 is 63.1 Å². The van der Waals surface area contributed by atoms with Crippen LogP contribution in [0.3, 0.4) is 0 Å². The van der Waals surface area contributed by atoms with Gasteiger partial charge in [-0.15, -0.1) is 0 Å². The summed E-state index contributed by atoms with van der Waals surface area (Å²) in [4.78, 5) is 35.4. The molecule has 310 valence electrons.